The summed E-state index contributed by atoms with van der Waals surface area (Å²) in [4.78, 5) is 22.7. The molecule has 0 aliphatic carbocycles. The topological polar surface area (TPSA) is 83.8 Å². The number of hydrogen-bond acceptors (Lipinski definition) is 4. The number of thiophene rings is 1. The van der Waals surface area contributed by atoms with Crippen LogP contribution in [0.15, 0.2) is 0 Å². The van der Waals surface area contributed by atoms with E-state index in [1.54, 1.807) is 20.8 Å². The SMILES string of the molecule is CC(C)(C)Oc1c(C(=O)O)sc(C(=O)O)c1C(C)(C)C. The minimum atomic E-state index is -1.17. The van der Waals surface area contributed by atoms with E-state index in [1.807, 2.05) is 20.8 Å². The third-order valence-electron chi connectivity index (χ3n) is 2.41. The fourth-order valence-corrected chi connectivity index (χ4v) is 2.91. The summed E-state index contributed by atoms with van der Waals surface area (Å²) in [6.07, 6.45) is 0. The van der Waals surface area contributed by atoms with Crippen LogP contribution in [0, 0.1) is 0 Å². The quantitative estimate of drug-likeness (QED) is 0.890. The molecule has 112 valence electrons. The van der Waals surface area contributed by atoms with E-state index in [2.05, 4.69) is 0 Å². The predicted molar refractivity (Wildman–Crippen MR) is 77.3 cm³/mol. The van der Waals surface area contributed by atoms with E-state index >= 15 is 0 Å². The second kappa shape index (κ2) is 5.09. The Hall–Kier alpha value is -1.56. The molecule has 0 radical (unpaired) electrons. The molecule has 1 aromatic rings. The van der Waals surface area contributed by atoms with Crippen molar-refractivity contribution in [1.29, 1.82) is 0 Å². The standard InChI is InChI=1S/C14H20O5S/c1-13(2,3)7-8(19-14(4,5)6)10(12(17)18)20-9(7)11(15)16/h1-6H3,(H,15,16)(H,17,18). The van der Waals surface area contributed by atoms with Crippen LogP contribution in [-0.2, 0) is 5.41 Å². The van der Waals surface area contributed by atoms with Crippen LogP contribution in [0.1, 0.15) is 66.4 Å². The Bertz CT molecular complexity index is 543. The number of rotatable bonds is 3. The molecule has 0 aliphatic rings. The first-order valence-electron chi connectivity index (χ1n) is 6.17. The monoisotopic (exact) mass is 300 g/mol. The van der Waals surface area contributed by atoms with Crippen LogP contribution in [0.2, 0.25) is 0 Å². The van der Waals surface area contributed by atoms with Crippen LogP contribution < -0.4 is 4.74 Å². The molecule has 2 N–H and O–H groups in total. The zero-order valence-corrected chi connectivity index (χ0v) is 13.3. The molecule has 5 nitrogen and oxygen atoms in total. The smallest absolute Gasteiger partial charge is 0.349 e. The first kappa shape index (κ1) is 16.5. The van der Waals surface area contributed by atoms with Gasteiger partial charge < -0.3 is 14.9 Å². The Kier molecular flexibility index (Phi) is 4.20. The molecule has 0 saturated heterocycles. The van der Waals surface area contributed by atoms with Gasteiger partial charge in [-0.15, -0.1) is 11.3 Å². The van der Waals surface area contributed by atoms with Gasteiger partial charge in [0.15, 0.2) is 4.88 Å². The van der Waals surface area contributed by atoms with Crippen molar-refractivity contribution >= 4 is 23.3 Å². The van der Waals surface area contributed by atoms with Crippen LogP contribution in [0.3, 0.4) is 0 Å². The molecule has 0 atom stereocenters. The second-order valence-electron chi connectivity index (χ2n) is 6.54. The van der Waals surface area contributed by atoms with Gasteiger partial charge in [-0.3, -0.25) is 0 Å². The minimum absolute atomic E-state index is 0.0224. The van der Waals surface area contributed by atoms with Crippen LogP contribution in [0.5, 0.6) is 5.75 Å². The molecule has 0 aromatic carbocycles. The molecule has 0 unspecified atom stereocenters. The first-order valence-corrected chi connectivity index (χ1v) is 6.99. The lowest BCUT2D eigenvalue weighted by atomic mass is 9.86. The summed E-state index contributed by atoms with van der Waals surface area (Å²) >= 11 is 0.746. The first-order chi connectivity index (χ1) is 8.84. The summed E-state index contributed by atoms with van der Waals surface area (Å²) in [7, 11) is 0. The summed E-state index contributed by atoms with van der Waals surface area (Å²) < 4.78 is 5.75. The lowest BCUT2D eigenvalue weighted by Gasteiger charge is -2.26. The number of carboxylic acid groups (broad SMARTS) is 2. The van der Waals surface area contributed by atoms with Gasteiger partial charge in [0.2, 0.25) is 0 Å². The Balaban J connectivity index is 3.66. The van der Waals surface area contributed by atoms with Gasteiger partial charge in [-0.2, -0.15) is 0 Å². The maximum absolute atomic E-state index is 11.4. The van der Waals surface area contributed by atoms with Crippen molar-refractivity contribution < 1.29 is 24.5 Å². The molecule has 20 heavy (non-hydrogen) atoms. The minimum Gasteiger partial charge on any atom is -0.486 e. The molecule has 0 fully saturated rings. The van der Waals surface area contributed by atoms with Crippen molar-refractivity contribution in [3.05, 3.63) is 15.3 Å². The Morgan fingerprint density at radius 3 is 1.70 bits per heavy atom. The van der Waals surface area contributed by atoms with E-state index < -0.39 is 23.0 Å². The zero-order valence-electron chi connectivity index (χ0n) is 12.5. The van der Waals surface area contributed by atoms with Crippen molar-refractivity contribution in [2.75, 3.05) is 0 Å². The maximum atomic E-state index is 11.4. The molecule has 6 heteroatoms. The van der Waals surface area contributed by atoms with Gasteiger partial charge in [0.1, 0.15) is 16.2 Å². The molecule has 0 amide bonds. The van der Waals surface area contributed by atoms with Crippen molar-refractivity contribution in [2.45, 2.75) is 52.6 Å². The molecular weight excluding hydrogens is 280 g/mol. The van der Waals surface area contributed by atoms with Gasteiger partial charge in [0.05, 0.1) is 0 Å². The van der Waals surface area contributed by atoms with Gasteiger partial charge in [-0.05, 0) is 26.2 Å². The third-order valence-corrected chi connectivity index (χ3v) is 3.56. The van der Waals surface area contributed by atoms with Gasteiger partial charge in [0, 0.05) is 5.56 Å². The van der Waals surface area contributed by atoms with Crippen molar-refractivity contribution in [2.24, 2.45) is 0 Å². The summed E-state index contributed by atoms with van der Waals surface area (Å²) in [5.41, 5.74) is -0.707. The molecule has 0 spiro atoms. The number of aromatic carboxylic acids is 2. The highest BCUT2D eigenvalue weighted by molar-refractivity contribution is 7.16. The molecule has 1 heterocycles. The molecule has 0 saturated carbocycles. The van der Waals surface area contributed by atoms with E-state index in [0.717, 1.165) is 11.3 Å². The van der Waals surface area contributed by atoms with Crippen molar-refractivity contribution in [3.8, 4) is 5.75 Å². The number of carbonyl (C=O) groups is 2. The summed E-state index contributed by atoms with van der Waals surface area (Å²) in [5.74, 6) is -2.14. The highest BCUT2D eigenvalue weighted by Gasteiger charge is 2.35. The van der Waals surface area contributed by atoms with Gasteiger partial charge in [-0.25, -0.2) is 9.59 Å². The molecule has 1 aromatic heterocycles. The fraction of sp³-hybridized carbons (Fsp3) is 0.571. The van der Waals surface area contributed by atoms with Crippen LogP contribution in [0.4, 0.5) is 0 Å². The van der Waals surface area contributed by atoms with Gasteiger partial charge >= 0.3 is 11.9 Å². The lowest BCUT2D eigenvalue weighted by molar-refractivity contribution is 0.0676. The number of ether oxygens (including phenoxy) is 1. The van der Waals surface area contributed by atoms with Gasteiger partial charge in [0.25, 0.3) is 0 Å². The Morgan fingerprint density at radius 2 is 1.40 bits per heavy atom. The average Bonchev–Trinajstić information content (AvgIpc) is 2.53. The maximum Gasteiger partial charge on any atom is 0.349 e. The zero-order chi connectivity index (χ0) is 15.9. The van der Waals surface area contributed by atoms with Crippen LogP contribution in [-0.4, -0.2) is 27.8 Å². The predicted octanol–water partition coefficient (Wildman–Crippen LogP) is 3.62. The lowest BCUT2D eigenvalue weighted by Crippen LogP contribution is -2.26. The molecular formula is C14H20O5S. The number of carboxylic acids is 2. The average molecular weight is 300 g/mol. The van der Waals surface area contributed by atoms with Crippen molar-refractivity contribution in [1.82, 2.24) is 0 Å². The van der Waals surface area contributed by atoms with Crippen LogP contribution >= 0.6 is 11.3 Å². The van der Waals surface area contributed by atoms with E-state index in [1.165, 1.54) is 0 Å². The molecule has 0 aliphatic heterocycles. The fourth-order valence-electron chi connectivity index (χ4n) is 1.79. The van der Waals surface area contributed by atoms with E-state index in [9.17, 15) is 19.8 Å². The van der Waals surface area contributed by atoms with E-state index in [4.69, 9.17) is 4.74 Å². The summed E-state index contributed by atoms with van der Waals surface area (Å²) in [5, 5.41) is 18.6. The van der Waals surface area contributed by atoms with Crippen LogP contribution in [0.25, 0.3) is 0 Å². The normalized spacial score (nSPS) is 12.3. The molecule has 0 bridgehead atoms. The summed E-state index contributed by atoms with van der Waals surface area (Å²) in [6.45, 7) is 10.9. The largest absolute Gasteiger partial charge is 0.486 e. The second-order valence-corrected chi connectivity index (χ2v) is 7.56. The highest BCUT2D eigenvalue weighted by Crippen LogP contribution is 2.44. The third kappa shape index (κ3) is 3.50. The Labute approximate surface area is 122 Å². The van der Waals surface area contributed by atoms with E-state index in [0.29, 0.717) is 5.56 Å². The van der Waals surface area contributed by atoms with E-state index in [-0.39, 0.29) is 15.5 Å². The highest BCUT2D eigenvalue weighted by atomic mass is 32.1. The van der Waals surface area contributed by atoms with Crippen molar-refractivity contribution in [3.63, 3.8) is 0 Å². The molecule has 1 rings (SSSR count). The van der Waals surface area contributed by atoms with Gasteiger partial charge in [-0.1, -0.05) is 20.8 Å². The Morgan fingerprint density at radius 1 is 0.950 bits per heavy atom. The number of hydrogen-bond donors (Lipinski definition) is 2. The summed E-state index contributed by atoms with van der Waals surface area (Å²) in [6, 6.07) is 0.